The number of fused-ring (bicyclic) bond motifs is 1. The number of nitrogens with zero attached hydrogens (tertiary/aromatic N) is 3. The number of halogens is 1. The number of aromatic hydroxyl groups is 1. The molecule has 1 saturated heterocycles. The van der Waals surface area contributed by atoms with Crippen LogP contribution in [0.15, 0.2) is 30.5 Å². The van der Waals surface area contributed by atoms with Crippen LogP contribution in [0.4, 0.5) is 9.18 Å². The number of para-hydroxylation sites is 1. The first-order valence-electron chi connectivity index (χ1n) is 12.2. The van der Waals surface area contributed by atoms with Crippen LogP contribution in [0.1, 0.15) is 41.5 Å². The number of likely N-dealkylation sites (N-methyl/N-ethyl adjacent to an activating group) is 1. The van der Waals surface area contributed by atoms with Crippen molar-refractivity contribution in [3.63, 3.8) is 0 Å². The summed E-state index contributed by atoms with van der Waals surface area (Å²) >= 11 is 0. The van der Waals surface area contributed by atoms with Crippen molar-refractivity contribution < 1.29 is 48.3 Å². The number of nitrogens with one attached hydrogen (secondary N) is 2. The molecule has 0 aliphatic carbocycles. The first-order valence-corrected chi connectivity index (χ1v) is 12.2. The second kappa shape index (κ2) is 11.2. The lowest BCUT2D eigenvalue weighted by Gasteiger charge is -2.37. The molecule has 1 aromatic heterocycles. The molecule has 0 bridgehead atoms. The highest BCUT2D eigenvalue weighted by Gasteiger charge is 2.43. The van der Waals surface area contributed by atoms with Gasteiger partial charge < -0.3 is 35.4 Å². The number of hydrogen-bond donors (Lipinski definition) is 5. The van der Waals surface area contributed by atoms with E-state index < -0.39 is 72.1 Å². The van der Waals surface area contributed by atoms with Crippen LogP contribution >= 0.6 is 0 Å². The summed E-state index contributed by atoms with van der Waals surface area (Å²) in [6.07, 6.45) is 0.753. The van der Waals surface area contributed by atoms with Crippen molar-refractivity contribution in [3.8, 4) is 11.5 Å². The highest BCUT2D eigenvalue weighted by molar-refractivity contribution is 6.47. The Hall–Kier alpha value is -4.73. The Bertz CT molecular complexity index is 1390. The molecule has 2 aliphatic rings. The van der Waals surface area contributed by atoms with Gasteiger partial charge in [-0.15, -0.1) is 0 Å². The van der Waals surface area contributed by atoms with E-state index in [1.807, 2.05) is 0 Å². The Kier molecular flexibility index (Phi) is 7.90. The summed E-state index contributed by atoms with van der Waals surface area (Å²) in [7, 11) is -1.71. The maximum Gasteiger partial charge on any atom is 0.547 e. The summed E-state index contributed by atoms with van der Waals surface area (Å²) in [5.74, 6) is -7.39. The molecule has 1 fully saturated rings. The molecular weight excluding hydrogens is 532 g/mol. The number of urea groups is 1. The van der Waals surface area contributed by atoms with Crippen molar-refractivity contribution in [2.24, 2.45) is 0 Å². The Labute approximate surface area is 226 Å². The lowest BCUT2D eigenvalue weighted by atomic mass is 9.72. The van der Waals surface area contributed by atoms with E-state index in [1.54, 1.807) is 13.8 Å². The molecule has 5 amide bonds. The Morgan fingerprint density at radius 1 is 1.27 bits per heavy atom. The van der Waals surface area contributed by atoms with Crippen molar-refractivity contribution in [1.82, 2.24) is 25.4 Å². The number of carboxylic acid groups (broad SMARTS) is 1. The minimum absolute atomic E-state index is 0.0763. The van der Waals surface area contributed by atoms with Crippen LogP contribution < -0.4 is 15.3 Å². The number of carbonyl (C=O) groups is 5. The third-order valence-corrected chi connectivity index (χ3v) is 6.59. The zero-order chi connectivity index (χ0) is 29.3. The van der Waals surface area contributed by atoms with Gasteiger partial charge in [0, 0.05) is 18.7 Å². The first kappa shape index (κ1) is 28.3. The van der Waals surface area contributed by atoms with Crippen molar-refractivity contribution in [1.29, 1.82) is 0 Å². The molecule has 2 aromatic rings. The van der Waals surface area contributed by atoms with E-state index in [0.717, 1.165) is 6.20 Å². The number of piperazine rings is 1. The quantitative estimate of drug-likeness (QED) is 0.230. The normalized spacial score (nSPS) is 19.4. The zero-order valence-electron chi connectivity index (χ0n) is 21.3. The lowest BCUT2D eigenvalue weighted by Crippen LogP contribution is -2.62. The van der Waals surface area contributed by atoms with Gasteiger partial charge in [-0.2, -0.15) is 0 Å². The fourth-order valence-electron chi connectivity index (χ4n) is 4.61. The predicted molar refractivity (Wildman–Crippen MR) is 133 cm³/mol. The average molecular weight is 557 g/mol. The summed E-state index contributed by atoms with van der Waals surface area (Å²) in [5, 5.41) is 34.1. The van der Waals surface area contributed by atoms with Crippen LogP contribution in [0.3, 0.4) is 0 Å². The van der Waals surface area contributed by atoms with Gasteiger partial charge in [-0.3, -0.25) is 24.3 Å². The van der Waals surface area contributed by atoms with E-state index >= 15 is 0 Å². The molecule has 0 spiro atoms. The largest absolute Gasteiger partial charge is 0.547 e. The van der Waals surface area contributed by atoms with Gasteiger partial charge in [0.15, 0.2) is 11.9 Å². The number of rotatable bonds is 6. The number of imide groups is 1. The average Bonchev–Trinajstić information content (AvgIpc) is 2.89. The van der Waals surface area contributed by atoms with Crippen molar-refractivity contribution in [2.45, 2.75) is 38.3 Å². The van der Waals surface area contributed by atoms with Gasteiger partial charge in [0.2, 0.25) is 5.91 Å². The van der Waals surface area contributed by atoms with Gasteiger partial charge in [0.1, 0.15) is 17.2 Å². The van der Waals surface area contributed by atoms with Gasteiger partial charge in [-0.05, 0) is 31.9 Å². The second-order valence-electron chi connectivity index (χ2n) is 9.23. The molecule has 3 atom stereocenters. The predicted octanol–water partition coefficient (Wildman–Crippen LogP) is -0.406. The minimum Gasteiger partial charge on any atom is -0.534 e. The fraction of sp³-hybridized carbons (Fsp3) is 0.333. The van der Waals surface area contributed by atoms with Crippen LogP contribution in [-0.2, 0) is 20.8 Å². The van der Waals surface area contributed by atoms with Crippen LogP contribution in [0.25, 0.3) is 0 Å². The van der Waals surface area contributed by atoms with E-state index in [9.17, 15) is 43.6 Å². The number of carboxylic acids is 1. The maximum atomic E-state index is 14.8. The molecule has 16 heteroatoms. The molecule has 5 N–H and O–H groups in total. The molecule has 14 nitrogen and oxygen atoms in total. The fourth-order valence-corrected chi connectivity index (χ4v) is 4.61. The van der Waals surface area contributed by atoms with Crippen LogP contribution in [0.5, 0.6) is 11.5 Å². The monoisotopic (exact) mass is 557 g/mol. The molecule has 4 rings (SSSR count). The Balaban J connectivity index is 1.59. The maximum absolute atomic E-state index is 14.8. The van der Waals surface area contributed by atoms with Gasteiger partial charge >= 0.3 is 30.9 Å². The molecule has 210 valence electrons. The number of benzene rings is 1. The highest BCUT2D eigenvalue weighted by atomic mass is 19.1. The second-order valence-corrected chi connectivity index (χ2v) is 9.23. The molecule has 1 aromatic carbocycles. The third kappa shape index (κ3) is 5.38. The standard InChI is InChI=1S/C24H25BFN5O9/c1-3-30-11(2)10-31(22(35)21(30)34)24(38)29-18(17-15(26)8-13(32)9-27-17)20(33)28-16-7-12-5-4-6-14(23(36)37)19(12)40-25(16)39/h4-6,8-9,11,16,18,32,39H,3,7,10H2,1-2H3,(H,28,33)(H,29,38)(H,36,37)/t11-,16+,18?/m1/s1. The van der Waals surface area contributed by atoms with Crippen molar-refractivity contribution in [2.75, 3.05) is 13.1 Å². The molecule has 0 saturated carbocycles. The van der Waals surface area contributed by atoms with E-state index in [-0.39, 0.29) is 30.8 Å². The van der Waals surface area contributed by atoms with Gasteiger partial charge in [-0.1, -0.05) is 12.1 Å². The van der Waals surface area contributed by atoms with E-state index in [2.05, 4.69) is 15.6 Å². The number of hydrogen-bond acceptors (Lipinski definition) is 9. The lowest BCUT2D eigenvalue weighted by molar-refractivity contribution is -0.156. The number of carbonyl (C=O) groups excluding carboxylic acids is 4. The zero-order valence-corrected chi connectivity index (χ0v) is 21.3. The minimum atomic E-state index is -1.88. The van der Waals surface area contributed by atoms with E-state index in [4.69, 9.17) is 4.65 Å². The number of amides is 5. The van der Waals surface area contributed by atoms with Gasteiger partial charge in [0.05, 0.1) is 24.2 Å². The highest BCUT2D eigenvalue weighted by Crippen LogP contribution is 2.30. The summed E-state index contributed by atoms with van der Waals surface area (Å²) in [4.78, 5) is 68.6. The SMILES string of the molecule is CCN1C(=O)C(=O)N(C(=O)NC(C(=O)N[C@H]2Cc3cccc(C(=O)O)c3OB2O)c2ncc(O)cc2F)C[C@H]1C. The Morgan fingerprint density at radius 3 is 2.65 bits per heavy atom. The van der Waals surface area contributed by atoms with Crippen molar-refractivity contribution in [3.05, 3.63) is 53.1 Å². The van der Waals surface area contributed by atoms with Gasteiger partial charge in [-0.25, -0.2) is 14.0 Å². The summed E-state index contributed by atoms with van der Waals surface area (Å²) in [6.45, 7) is 3.33. The third-order valence-electron chi connectivity index (χ3n) is 6.59. The molecule has 40 heavy (non-hydrogen) atoms. The Morgan fingerprint density at radius 2 is 2.00 bits per heavy atom. The number of aromatic nitrogens is 1. The number of aromatic carboxylic acids is 1. The van der Waals surface area contributed by atoms with Gasteiger partial charge in [0.25, 0.3) is 0 Å². The summed E-state index contributed by atoms with van der Waals surface area (Å²) < 4.78 is 20.2. The van der Waals surface area contributed by atoms with Crippen molar-refractivity contribution >= 4 is 36.8 Å². The summed E-state index contributed by atoms with van der Waals surface area (Å²) in [5.41, 5.74) is -0.460. The van der Waals surface area contributed by atoms with Crippen LogP contribution in [-0.4, -0.2) is 91.9 Å². The van der Waals surface area contributed by atoms with E-state index in [0.29, 0.717) is 16.5 Å². The smallest absolute Gasteiger partial charge is 0.534 e. The summed E-state index contributed by atoms with van der Waals surface area (Å²) in [6, 6.07) is 1.35. The number of pyridine rings is 1. The first-order chi connectivity index (χ1) is 18.9. The molecule has 3 heterocycles. The van der Waals surface area contributed by atoms with Crippen LogP contribution in [0, 0.1) is 5.82 Å². The molecule has 1 unspecified atom stereocenters. The van der Waals surface area contributed by atoms with E-state index in [1.165, 1.54) is 23.1 Å². The topological polar surface area (TPSA) is 199 Å². The molecule has 2 aliphatic heterocycles. The van der Waals surface area contributed by atoms with Crippen LogP contribution in [0.2, 0.25) is 0 Å². The molecular formula is C24H25BFN5O9. The molecule has 0 radical (unpaired) electrons.